The zero-order valence-electron chi connectivity index (χ0n) is 40.8. The molecule has 3 saturated heterocycles. The van der Waals surface area contributed by atoms with E-state index in [0.29, 0.717) is 108 Å². The lowest BCUT2D eigenvalue weighted by molar-refractivity contribution is -0.136. The van der Waals surface area contributed by atoms with Crippen LogP contribution in [0.25, 0.3) is 0 Å². The van der Waals surface area contributed by atoms with Crippen LogP contribution in [0.4, 0.5) is 31.4 Å². The van der Waals surface area contributed by atoms with Gasteiger partial charge in [-0.15, -0.1) is 0 Å². The number of piperazine rings is 3. The van der Waals surface area contributed by atoms with Crippen LogP contribution in [0, 0.1) is 10.8 Å². The maximum absolute atomic E-state index is 13.0. The number of carboxylic acid groups (broad SMARTS) is 1. The van der Waals surface area contributed by atoms with Crippen LogP contribution in [0.1, 0.15) is 56.1 Å². The third kappa shape index (κ3) is 17.6. The highest BCUT2D eigenvalue weighted by atomic mass is 16.6. The summed E-state index contributed by atoms with van der Waals surface area (Å²) in [6.07, 6.45) is 5.52. The molecule has 0 unspecified atom stereocenters. The van der Waals surface area contributed by atoms with Gasteiger partial charge in [-0.3, -0.25) is 35.0 Å². The van der Waals surface area contributed by atoms with Gasteiger partial charge in [-0.1, -0.05) is 24.3 Å². The minimum Gasteiger partial charge on any atom is -0.465 e. The second kappa shape index (κ2) is 26.9. The predicted octanol–water partition coefficient (Wildman–Crippen LogP) is 2.97. The Kier molecular flexibility index (Phi) is 19.9. The van der Waals surface area contributed by atoms with Gasteiger partial charge in [0.1, 0.15) is 18.6 Å². The third-order valence-electron chi connectivity index (χ3n) is 12.8. The van der Waals surface area contributed by atoms with Crippen LogP contribution in [0.2, 0.25) is 0 Å². The minimum absolute atomic E-state index is 0.00689. The molecule has 0 bridgehead atoms. The summed E-state index contributed by atoms with van der Waals surface area (Å²) in [6, 6.07) is 17.7. The lowest BCUT2D eigenvalue weighted by Gasteiger charge is -2.36. The summed E-state index contributed by atoms with van der Waals surface area (Å²) < 4.78 is 11.8. The van der Waals surface area contributed by atoms with Crippen LogP contribution in [0.15, 0.2) is 73.1 Å². The Bertz CT molecular complexity index is 2260. The van der Waals surface area contributed by atoms with Crippen molar-refractivity contribution in [1.29, 1.82) is 10.8 Å². The SMILES string of the molecule is N=C(N)Nc1ccc(CC(=O)N2CCN(C(=O)O[C@H]3CCC[C@@H](OC(=O)N4CCN(C(=O)Cc5ccc(NC(=N)N)cc5)CC4)CCC3)CC2)cc1.O=C(CC(=O)N1CCN(C(=O)O)CC1)Nc1ccncc1. The average molecular weight is 1010 g/mol. The molecule has 2 aromatic carbocycles. The first-order valence-electron chi connectivity index (χ1n) is 24.4. The number of nitrogens with one attached hydrogen (secondary N) is 5. The van der Waals surface area contributed by atoms with Gasteiger partial charge in [0.15, 0.2) is 11.9 Å². The Morgan fingerprint density at radius 1 is 0.507 bits per heavy atom. The van der Waals surface area contributed by atoms with Crippen LogP contribution >= 0.6 is 0 Å². The molecule has 3 aromatic rings. The van der Waals surface area contributed by atoms with E-state index in [-0.39, 0.29) is 86.4 Å². The van der Waals surface area contributed by atoms with Gasteiger partial charge in [-0.05, 0) is 86.1 Å². The van der Waals surface area contributed by atoms with Gasteiger partial charge in [0.05, 0.1) is 12.8 Å². The number of anilines is 3. The Morgan fingerprint density at radius 2 is 0.849 bits per heavy atom. The van der Waals surface area contributed by atoms with Crippen molar-refractivity contribution >= 4 is 70.9 Å². The van der Waals surface area contributed by atoms with Gasteiger partial charge in [0, 0.05) is 108 Å². The topological polar surface area (TPSA) is 326 Å². The zero-order valence-corrected chi connectivity index (χ0v) is 40.8. The molecular weight excluding hydrogens is 945 g/mol. The van der Waals surface area contributed by atoms with Crippen LogP contribution < -0.4 is 27.4 Å². The number of benzene rings is 2. The van der Waals surface area contributed by atoms with Gasteiger partial charge in [0.25, 0.3) is 0 Å². The molecule has 4 aliphatic rings. The van der Waals surface area contributed by atoms with Crippen molar-refractivity contribution in [2.75, 3.05) is 94.5 Å². The lowest BCUT2D eigenvalue weighted by Crippen LogP contribution is -2.51. The van der Waals surface area contributed by atoms with Crippen LogP contribution in [-0.2, 0) is 41.5 Å². The number of hydrogen-bond acceptors (Lipinski definition) is 12. The number of pyridine rings is 1. The fourth-order valence-corrected chi connectivity index (χ4v) is 8.71. The van der Waals surface area contributed by atoms with E-state index in [1.54, 1.807) is 68.4 Å². The van der Waals surface area contributed by atoms with Crippen molar-refractivity contribution in [2.24, 2.45) is 11.5 Å². The summed E-state index contributed by atoms with van der Waals surface area (Å²) >= 11 is 0. The highest BCUT2D eigenvalue weighted by molar-refractivity contribution is 6.03. The number of guanidine groups is 2. The first-order valence-corrected chi connectivity index (χ1v) is 24.4. The summed E-state index contributed by atoms with van der Waals surface area (Å²) in [7, 11) is 0. The summed E-state index contributed by atoms with van der Waals surface area (Å²) in [5, 5.41) is 31.5. The van der Waals surface area contributed by atoms with Crippen LogP contribution in [0.5, 0.6) is 0 Å². The summed E-state index contributed by atoms with van der Waals surface area (Å²) in [6.45, 7) is 4.58. The van der Waals surface area contributed by atoms with Gasteiger partial charge in [-0.25, -0.2) is 14.4 Å². The summed E-state index contributed by atoms with van der Waals surface area (Å²) in [4.78, 5) is 99.6. The second-order valence-corrected chi connectivity index (χ2v) is 18.0. The number of aromatic nitrogens is 1. The number of rotatable bonds is 11. The van der Waals surface area contributed by atoms with E-state index < -0.39 is 12.0 Å². The first kappa shape index (κ1) is 54.2. The molecule has 7 amide bonds. The molecule has 24 nitrogen and oxygen atoms in total. The van der Waals surface area contributed by atoms with Crippen molar-refractivity contribution < 1.29 is 48.1 Å². The first-order chi connectivity index (χ1) is 35.1. The molecule has 1 saturated carbocycles. The van der Waals surface area contributed by atoms with Gasteiger partial charge in [0.2, 0.25) is 23.6 Å². The maximum Gasteiger partial charge on any atom is 0.410 e. The number of nitrogens with zero attached hydrogens (tertiary/aromatic N) is 7. The van der Waals surface area contributed by atoms with E-state index in [9.17, 15) is 33.6 Å². The standard InChI is InChI=1S/C36H50N10O6.C13H16N4O4/c37-33(38)41-27-11-7-25(8-12-27)23-31(47)43-15-19-45(20-16-43)35(49)51-29-3-1-4-30(6-2-5-29)52-36(50)46-21-17-44(18-22-46)32(48)24-26-9-13-28(14-10-26)42-34(39)40;18-11(15-10-1-3-14-4-2-10)9-12(19)16-5-7-17(8-6-16)13(20)21/h7-14,29-30H,1-6,15-24H2,(H4,37,38,41)(H4,39,40,42);1-4H,5-9H2,(H,20,21)(H,14,15,18)/t29-,30+;. The normalized spacial score (nSPS) is 18.1. The number of amides is 7. The molecule has 7 rings (SSSR count). The van der Waals surface area contributed by atoms with Crippen LogP contribution in [0.3, 0.4) is 0 Å². The largest absolute Gasteiger partial charge is 0.465 e. The van der Waals surface area contributed by atoms with Crippen molar-refractivity contribution in [3.8, 4) is 0 Å². The molecule has 10 N–H and O–H groups in total. The Hall–Kier alpha value is -8.18. The van der Waals surface area contributed by atoms with E-state index in [4.69, 9.17) is 36.9 Å². The molecule has 3 aliphatic heterocycles. The molecule has 1 aliphatic carbocycles. The number of hydrogen-bond donors (Lipinski definition) is 8. The third-order valence-corrected chi connectivity index (χ3v) is 12.8. The molecular formula is C49H66N14O10. The van der Waals surface area contributed by atoms with Gasteiger partial charge in [-0.2, -0.15) is 0 Å². The molecule has 0 radical (unpaired) electrons. The van der Waals surface area contributed by atoms with E-state index in [1.165, 1.54) is 9.80 Å². The van der Waals surface area contributed by atoms with E-state index in [2.05, 4.69) is 20.9 Å². The lowest BCUT2D eigenvalue weighted by atomic mass is 9.96. The highest BCUT2D eigenvalue weighted by Crippen LogP contribution is 2.24. The number of ether oxygens (including phenoxy) is 2. The van der Waals surface area contributed by atoms with Crippen molar-refractivity contribution in [2.45, 2.75) is 70.0 Å². The molecule has 4 heterocycles. The molecule has 73 heavy (non-hydrogen) atoms. The van der Waals surface area contributed by atoms with E-state index in [0.717, 1.165) is 24.0 Å². The van der Waals surface area contributed by atoms with Crippen LogP contribution in [-0.4, -0.2) is 184 Å². The Labute approximate surface area is 423 Å². The molecule has 392 valence electrons. The van der Waals surface area contributed by atoms with Gasteiger partial charge < -0.3 is 71.4 Å². The Morgan fingerprint density at radius 3 is 1.22 bits per heavy atom. The van der Waals surface area contributed by atoms with Crippen molar-refractivity contribution in [1.82, 2.24) is 34.4 Å². The quantitative estimate of drug-likeness (QED) is 0.0778. The zero-order chi connectivity index (χ0) is 52.3. The molecule has 4 fully saturated rings. The summed E-state index contributed by atoms with van der Waals surface area (Å²) in [5.74, 6) is -1.01. The predicted molar refractivity (Wildman–Crippen MR) is 270 cm³/mol. The van der Waals surface area contributed by atoms with Crippen molar-refractivity contribution in [3.63, 3.8) is 0 Å². The fraction of sp³-hybridized carbons (Fsp3) is 0.469. The molecule has 1 aromatic heterocycles. The van der Waals surface area contributed by atoms with Gasteiger partial charge >= 0.3 is 18.3 Å². The van der Waals surface area contributed by atoms with E-state index in [1.807, 2.05) is 24.3 Å². The van der Waals surface area contributed by atoms with Crippen molar-refractivity contribution in [3.05, 3.63) is 84.2 Å². The average Bonchev–Trinajstić information content (AvgIpc) is 3.36. The number of carbonyl (C=O) groups is 7. The Balaban J connectivity index is 0.000000344. The molecule has 0 spiro atoms. The molecule has 0 atom stereocenters. The highest BCUT2D eigenvalue weighted by Gasteiger charge is 2.31. The monoisotopic (exact) mass is 1010 g/mol. The van der Waals surface area contributed by atoms with E-state index >= 15 is 0 Å². The fourth-order valence-electron chi connectivity index (χ4n) is 8.71. The minimum atomic E-state index is -0.988. The maximum atomic E-state index is 13.0. The number of nitrogens with two attached hydrogens (primary N) is 2. The smallest absolute Gasteiger partial charge is 0.410 e. The number of carbonyl (C=O) groups excluding carboxylic acids is 6. The summed E-state index contributed by atoms with van der Waals surface area (Å²) in [5.41, 5.74) is 14.4. The second-order valence-electron chi connectivity index (χ2n) is 18.0. The molecule has 24 heteroatoms.